The molecule has 3 rings (SSSR count). The number of ether oxygens (including phenoxy) is 1. The van der Waals surface area contributed by atoms with Crippen LogP contribution in [0.15, 0.2) is 54.6 Å². The maximum Gasteiger partial charge on any atom is 0.387 e. The van der Waals surface area contributed by atoms with E-state index in [-0.39, 0.29) is 11.7 Å². The first-order valence-corrected chi connectivity index (χ1v) is 8.24. The van der Waals surface area contributed by atoms with Gasteiger partial charge in [-0.05, 0) is 41.6 Å². The van der Waals surface area contributed by atoms with Crippen LogP contribution in [0, 0.1) is 0 Å². The number of carbonyl (C=O) groups excluding carboxylic acids is 1. The number of alkyl halides is 2. The quantitative estimate of drug-likeness (QED) is 0.714. The molecule has 2 aromatic carbocycles. The summed E-state index contributed by atoms with van der Waals surface area (Å²) in [7, 11) is 0. The molecule has 1 heterocycles. The van der Waals surface area contributed by atoms with Crippen LogP contribution in [0.2, 0.25) is 0 Å². The summed E-state index contributed by atoms with van der Waals surface area (Å²) >= 11 is 1.46. The van der Waals surface area contributed by atoms with Crippen molar-refractivity contribution in [2.75, 3.05) is 6.54 Å². The number of benzene rings is 2. The van der Waals surface area contributed by atoms with E-state index in [1.165, 1.54) is 23.5 Å². The van der Waals surface area contributed by atoms with Crippen LogP contribution in [0.3, 0.4) is 0 Å². The Morgan fingerprint density at radius 1 is 1.12 bits per heavy atom. The van der Waals surface area contributed by atoms with E-state index in [9.17, 15) is 13.6 Å². The average Bonchev–Trinajstić information content (AvgIpc) is 3.00. The lowest BCUT2D eigenvalue weighted by Gasteiger charge is -2.06. The van der Waals surface area contributed by atoms with Crippen molar-refractivity contribution in [3.63, 3.8) is 0 Å². The van der Waals surface area contributed by atoms with Crippen LogP contribution in [-0.4, -0.2) is 19.1 Å². The van der Waals surface area contributed by atoms with Gasteiger partial charge in [-0.1, -0.05) is 30.3 Å². The molecule has 0 bridgehead atoms. The molecule has 1 N–H and O–H groups in total. The second kappa shape index (κ2) is 7.40. The molecular formula is C18H15F2NO2S. The normalized spacial score (nSPS) is 11.0. The van der Waals surface area contributed by atoms with Crippen molar-refractivity contribution in [3.8, 4) is 5.75 Å². The van der Waals surface area contributed by atoms with Crippen LogP contribution in [0.25, 0.3) is 10.1 Å². The largest absolute Gasteiger partial charge is 0.435 e. The molecule has 3 aromatic rings. The average molecular weight is 347 g/mol. The molecule has 1 amide bonds. The fourth-order valence-electron chi connectivity index (χ4n) is 2.34. The third-order valence-corrected chi connectivity index (χ3v) is 4.61. The number of nitrogens with one attached hydrogen (secondary N) is 1. The Balaban J connectivity index is 1.53. The van der Waals surface area contributed by atoms with Crippen LogP contribution in [0.5, 0.6) is 5.75 Å². The van der Waals surface area contributed by atoms with Crippen LogP contribution in [0.4, 0.5) is 8.78 Å². The van der Waals surface area contributed by atoms with E-state index < -0.39 is 6.61 Å². The summed E-state index contributed by atoms with van der Waals surface area (Å²) in [6.45, 7) is -2.35. The Kier molecular flexibility index (Phi) is 5.05. The number of carbonyl (C=O) groups is 1. The van der Waals surface area contributed by atoms with E-state index in [1.807, 2.05) is 30.3 Å². The van der Waals surface area contributed by atoms with Crippen LogP contribution in [0.1, 0.15) is 15.2 Å². The number of hydrogen-bond donors (Lipinski definition) is 1. The van der Waals surface area contributed by atoms with Gasteiger partial charge in [-0.15, -0.1) is 11.3 Å². The number of thiophene rings is 1. The SMILES string of the molecule is O=C(NCCc1ccc(OC(F)F)cc1)c1cc2ccccc2s1. The van der Waals surface area contributed by atoms with Gasteiger partial charge in [0.1, 0.15) is 5.75 Å². The first-order valence-electron chi connectivity index (χ1n) is 7.42. The monoisotopic (exact) mass is 347 g/mol. The maximum absolute atomic E-state index is 12.2. The molecule has 0 saturated heterocycles. The van der Waals surface area contributed by atoms with E-state index in [2.05, 4.69) is 10.1 Å². The number of halogens is 2. The molecule has 124 valence electrons. The van der Waals surface area contributed by atoms with Crippen molar-refractivity contribution in [3.05, 3.63) is 65.0 Å². The van der Waals surface area contributed by atoms with E-state index in [1.54, 1.807) is 12.1 Å². The van der Waals surface area contributed by atoms with Gasteiger partial charge in [0.25, 0.3) is 5.91 Å². The van der Waals surface area contributed by atoms with Crippen molar-refractivity contribution >= 4 is 27.3 Å². The zero-order valence-electron chi connectivity index (χ0n) is 12.7. The topological polar surface area (TPSA) is 38.3 Å². The molecule has 0 atom stereocenters. The van der Waals surface area contributed by atoms with Gasteiger partial charge in [0.2, 0.25) is 0 Å². The second-order valence-corrected chi connectivity index (χ2v) is 6.26. The highest BCUT2D eigenvalue weighted by atomic mass is 32.1. The van der Waals surface area contributed by atoms with Crippen LogP contribution in [-0.2, 0) is 6.42 Å². The predicted molar refractivity (Wildman–Crippen MR) is 90.9 cm³/mol. The summed E-state index contributed by atoms with van der Waals surface area (Å²) in [6, 6.07) is 16.1. The molecule has 3 nitrogen and oxygen atoms in total. The summed E-state index contributed by atoms with van der Waals surface area (Å²) in [5.41, 5.74) is 0.938. The molecule has 0 fully saturated rings. The van der Waals surface area contributed by atoms with E-state index >= 15 is 0 Å². The Morgan fingerprint density at radius 3 is 2.58 bits per heavy atom. The molecule has 0 aliphatic rings. The molecule has 0 spiro atoms. The minimum atomic E-state index is -2.82. The highest BCUT2D eigenvalue weighted by Crippen LogP contribution is 2.25. The van der Waals surface area contributed by atoms with Gasteiger partial charge in [-0.25, -0.2) is 0 Å². The van der Waals surface area contributed by atoms with Gasteiger partial charge in [0, 0.05) is 11.2 Å². The summed E-state index contributed by atoms with van der Waals surface area (Å²) in [6.07, 6.45) is 0.617. The molecule has 0 unspecified atom stereocenters. The van der Waals surface area contributed by atoms with Crippen molar-refractivity contribution in [1.29, 1.82) is 0 Å². The Hall–Kier alpha value is -2.47. The molecule has 6 heteroatoms. The predicted octanol–water partition coefficient (Wildman–Crippen LogP) is 4.48. The van der Waals surface area contributed by atoms with Crippen molar-refractivity contribution in [1.82, 2.24) is 5.32 Å². The number of rotatable bonds is 6. The van der Waals surface area contributed by atoms with Crippen LogP contribution < -0.4 is 10.1 Å². The Labute approximate surface area is 141 Å². The number of fused-ring (bicyclic) bond motifs is 1. The molecule has 0 aliphatic heterocycles. The van der Waals surface area contributed by atoms with Crippen LogP contribution >= 0.6 is 11.3 Å². The summed E-state index contributed by atoms with van der Waals surface area (Å²) in [4.78, 5) is 12.9. The third kappa shape index (κ3) is 4.08. The number of amides is 1. The van der Waals surface area contributed by atoms with E-state index in [0.29, 0.717) is 17.8 Å². The highest BCUT2D eigenvalue weighted by molar-refractivity contribution is 7.20. The zero-order valence-corrected chi connectivity index (χ0v) is 13.5. The van der Waals surface area contributed by atoms with Crippen molar-refractivity contribution in [2.45, 2.75) is 13.0 Å². The minimum absolute atomic E-state index is 0.103. The molecule has 0 radical (unpaired) electrons. The van der Waals surface area contributed by atoms with Gasteiger partial charge < -0.3 is 10.1 Å². The minimum Gasteiger partial charge on any atom is -0.435 e. The zero-order chi connectivity index (χ0) is 16.9. The van der Waals surface area contributed by atoms with Crippen molar-refractivity contribution < 1.29 is 18.3 Å². The van der Waals surface area contributed by atoms with Gasteiger partial charge >= 0.3 is 6.61 Å². The maximum atomic E-state index is 12.2. The summed E-state index contributed by atoms with van der Waals surface area (Å²) < 4.78 is 29.5. The first-order chi connectivity index (χ1) is 11.6. The lowest BCUT2D eigenvalue weighted by Crippen LogP contribution is -2.24. The van der Waals surface area contributed by atoms with E-state index in [0.717, 1.165) is 15.6 Å². The lowest BCUT2D eigenvalue weighted by molar-refractivity contribution is -0.0498. The molecular weight excluding hydrogens is 332 g/mol. The van der Waals surface area contributed by atoms with Gasteiger partial charge in [-0.3, -0.25) is 4.79 Å². The molecule has 24 heavy (non-hydrogen) atoms. The first kappa shape index (κ1) is 16.4. The smallest absolute Gasteiger partial charge is 0.387 e. The highest BCUT2D eigenvalue weighted by Gasteiger charge is 2.09. The van der Waals surface area contributed by atoms with Gasteiger partial charge in [0.05, 0.1) is 4.88 Å². The van der Waals surface area contributed by atoms with Gasteiger partial charge in [-0.2, -0.15) is 8.78 Å². The Bertz CT molecular complexity index is 797. The lowest BCUT2D eigenvalue weighted by atomic mass is 10.1. The summed E-state index contributed by atoms with van der Waals surface area (Å²) in [5.74, 6) is 0.0249. The number of hydrogen-bond acceptors (Lipinski definition) is 3. The Morgan fingerprint density at radius 2 is 1.88 bits per heavy atom. The van der Waals surface area contributed by atoms with Crippen molar-refractivity contribution in [2.24, 2.45) is 0 Å². The fraction of sp³-hybridized carbons (Fsp3) is 0.167. The molecule has 0 saturated carbocycles. The third-order valence-electron chi connectivity index (χ3n) is 3.50. The second-order valence-electron chi connectivity index (χ2n) is 5.18. The molecule has 1 aromatic heterocycles. The summed E-state index contributed by atoms with van der Waals surface area (Å²) in [5, 5.41) is 3.93. The standard InChI is InChI=1S/C18H15F2NO2S/c19-18(20)23-14-7-5-12(6-8-14)9-10-21-17(22)16-11-13-3-1-2-4-15(13)24-16/h1-8,11,18H,9-10H2,(H,21,22). The molecule has 0 aliphatic carbocycles. The van der Waals surface area contributed by atoms with E-state index in [4.69, 9.17) is 0 Å². The van der Waals surface area contributed by atoms with Gasteiger partial charge in [0.15, 0.2) is 0 Å². The fourth-order valence-corrected chi connectivity index (χ4v) is 3.32.